The van der Waals surface area contributed by atoms with Crippen LogP contribution in [0.3, 0.4) is 0 Å². The van der Waals surface area contributed by atoms with Gasteiger partial charge >= 0.3 is 6.09 Å². The molecule has 0 radical (unpaired) electrons. The summed E-state index contributed by atoms with van der Waals surface area (Å²) in [4.78, 5) is 14.1. The first kappa shape index (κ1) is 19.4. The molecule has 2 aromatic carbocycles. The van der Waals surface area contributed by atoms with E-state index in [-0.39, 0.29) is 19.0 Å². The quantitative estimate of drug-likeness (QED) is 0.768. The lowest BCUT2D eigenvalue weighted by atomic mass is 10.1. The van der Waals surface area contributed by atoms with Gasteiger partial charge in [0, 0.05) is 17.3 Å². The minimum Gasteiger partial charge on any atom is -0.508 e. The SMILES string of the molecule is CC(C)(C)N(CCOc1cccc(O)c1)C(=O)OCc1cccc(N)c1. The fraction of sp³-hybridized carbons (Fsp3) is 0.350. The van der Waals surface area contributed by atoms with Gasteiger partial charge in [-0.2, -0.15) is 0 Å². The number of anilines is 1. The number of phenols is 1. The highest BCUT2D eigenvalue weighted by atomic mass is 16.6. The highest BCUT2D eigenvalue weighted by molar-refractivity contribution is 5.68. The van der Waals surface area contributed by atoms with Crippen molar-refractivity contribution in [1.29, 1.82) is 0 Å². The van der Waals surface area contributed by atoms with E-state index in [1.807, 2.05) is 32.9 Å². The van der Waals surface area contributed by atoms with E-state index in [2.05, 4.69) is 0 Å². The van der Waals surface area contributed by atoms with Crippen LogP contribution in [-0.2, 0) is 11.3 Å². The molecular formula is C20H26N2O4. The predicted molar refractivity (Wildman–Crippen MR) is 101 cm³/mol. The smallest absolute Gasteiger partial charge is 0.410 e. The number of phenolic OH excluding ortho intramolecular Hbond substituents is 1. The van der Waals surface area contributed by atoms with Crippen molar-refractivity contribution in [3.63, 3.8) is 0 Å². The second-order valence-electron chi connectivity index (χ2n) is 6.97. The Labute approximate surface area is 154 Å². The molecule has 6 nitrogen and oxygen atoms in total. The van der Waals surface area contributed by atoms with Crippen molar-refractivity contribution in [1.82, 2.24) is 4.90 Å². The molecule has 0 saturated heterocycles. The summed E-state index contributed by atoms with van der Waals surface area (Å²) in [7, 11) is 0. The zero-order valence-corrected chi connectivity index (χ0v) is 15.4. The number of nitrogens with two attached hydrogens (primary N) is 1. The summed E-state index contributed by atoms with van der Waals surface area (Å²) in [6.07, 6.45) is -0.417. The Hall–Kier alpha value is -2.89. The van der Waals surface area contributed by atoms with E-state index in [0.717, 1.165) is 5.56 Å². The Kier molecular flexibility index (Phi) is 6.33. The lowest BCUT2D eigenvalue weighted by molar-refractivity contribution is 0.0556. The van der Waals surface area contributed by atoms with Crippen molar-refractivity contribution >= 4 is 11.8 Å². The first-order chi connectivity index (χ1) is 12.3. The monoisotopic (exact) mass is 358 g/mol. The fourth-order valence-corrected chi connectivity index (χ4v) is 2.43. The highest BCUT2D eigenvalue weighted by Crippen LogP contribution is 2.19. The Morgan fingerprint density at radius 3 is 2.54 bits per heavy atom. The minimum absolute atomic E-state index is 0.136. The summed E-state index contributed by atoms with van der Waals surface area (Å²) in [5.74, 6) is 0.684. The summed E-state index contributed by atoms with van der Waals surface area (Å²) < 4.78 is 11.0. The average molecular weight is 358 g/mol. The van der Waals surface area contributed by atoms with E-state index in [1.165, 1.54) is 6.07 Å². The molecule has 1 amide bonds. The molecule has 0 heterocycles. The van der Waals surface area contributed by atoms with E-state index >= 15 is 0 Å². The van der Waals surface area contributed by atoms with Gasteiger partial charge in [0.15, 0.2) is 0 Å². The van der Waals surface area contributed by atoms with Crippen LogP contribution >= 0.6 is 0 Å². The van der Waals surface area contributed by atoms with Gasteiger partial charge < -0.3 is 20.3 Å². The van der Waals surface area contributed by atoms with Crippen LogP contribution in [0.25, 0.3) is 0 Å². The van der Waals surface area contributed by atoms with Crippen molar-refractivity contribution in [3.8, 4) is 11.5 Å². The first-order valence-corrected chi connectivity index (χ1v) is 8.46. The average Bonchev–Trinajstić information content (AvgIpc) is 2.56. The predicted octanol–water partition coefficient (Wildman–Crippen LogP) is 3.79. The van der Waals surface area contributed by atoms with Crippen molar-refractivity contribution < 1.29 is 19.4 Å². The van der Waals surface area contributed by atoms with Crippen LogP contribution in [0.2, 0.25) is 0 Å². The van der Waals surface area contributed by atoms with Gasteiger partial charge in [-0.05, 0) is 50.6 Å². The van der Waals surface area contributed by atoms with Crippen LogP contribution < -0.4 is 10.5 Å². The molecule has 0 aliphatic rings. The van der Waals surface area contributed by atoms with Crippen LogP contribution in [0.5, 0.6) is 11.5 Å². The van der Waals surface area contributed by atoms with Crippen molar-refractivity contribution in [2.45, 2.75) is 32.9 Å². The van der Waals surface area contributed by atoms with E-state index in [9.17, 15) is 9.90 Å². The van der Waals surface area contributed by atoms with Crippen LogP contribution in [0.1, 0.15) is 26.3 Å². The topological polar surface area (TPSA) is 85.0 Å². The molecule has 0 aliphatic heterocycles. The minimum atomic E-state index is -0.422. The van der Waals surface area contributed by atoms with Crippen molar-refractivity contribution in [2.24, 2.45) is 0 Å². The Bertz CT molecular complexity index is 741. The molecule has 0 fully saturated rings. The van der Waals surface area contributed by atoms with Gasteiger partial charge in [-0.3, -0.25) is 4.90 Å². The Morgan fingerprint density at radius 1 is 1.15 bits per heavy atom. The maximum absolute atomic E-state index is 12.5. The largest absolute Gasteiger partial charge is 0.508 e. The number of benzene rings is 2. The number of hydrogen-bond donors (Lipinski definition) is 2. The molecule has 0 unspecified atom stereocenters. The molecule has 140 valence electrons. The molecule has 0 aromatic heterocycles. The van der Waals surface area contributed by atoms with Crippen LogP contribution in [0.15, 0.2) is 48.5 Å². The number of carbonyl (C=O) groups excluding carboxylic acids is 1. The summed E-state index contributed by atoms with van der Waals surface area (Å²) >= 11 is 0. The molecule has 0 atom stereocenters. The van der Waals surface area contributed by atoms with E-state index in [0.29, 0.717) is 18.0 Å². The lowest BCUT2D eigenvalue weighted by Crippen LogP contribution is -2.47. The van der Waals surface area contributed by atoms with Gasteiger partial charge in [0.25, 0.3) is 0 Å². The number of aromatic hydroxyl groups is 1. The molecule has 6 heteroatoms. The van der Waals surface area contributed by atoms with E-state index < -0.39 is 11.6 Å². The number of rotatable bonds is 6. The molecule has 0 bridgehead atoms. The van der Waals surface area contributed by atoms with Gasteiger partial charge in [-0.25, -0.2) is 4.79 Å². The molecule has 0 spiro atoms. The Balaban J connectivity index is 1.92. The van der Waals surface area contributed by atoms with Crippen molar-refractivity contribution in [3.05, 3.63) is 54.1 Å². The summed E-state index contributed by atoms with van der Waals surface area (Å²) in [6, 6.07) is 13.8. The molecule has 2 rings (SSSR count). The van der Waals surface area contributed by atoms with Gasteiger partial charge in [0.05, 0.1) is 6.54 Å². The Morgan fingerprint density at radius 2 is 1.88 bits per heavy atom. The highest BCUT2D eigenvalue weighted by Gasteiger charge is 2.27. The summed E-state index contributed by atoms with van der Waals surface area (Å²) in [5.41, 5.74) is 6.79. The molecule has 0 aliphatic carbocycles. The third-order valence-electron chi connectivity index (χ3n) is 3.74. The normalized spacial score (nSPS) is 11.0. The standard InChI is InChI=1S/C20H26N2O4/c1-20(2,3)22(10-11-25-18-9-5-8-17(23)13-18)19(24)26-14-15-6-4-7-16(21)12-15/h4-9,12-13,23H,10-11,14,21H2,1-3H3. The van der Waals surface area contributed by atoms with Gasteiger partial charge in [0.1, 0.15) is 24.7 Å². The van der Waals surface area contributed by atoms with E-state index in [4.69, 9.17) is 15.2 Å². The zero-order valence-electron chi connectivity index (χ0n) is 15.4. The van der Waals surface area contributed by atoms with Crippen LogP contribution in [-0.4, -0.2) is 34.8 Å². The molecule has 2 aromatic rings. The van der Waals surface area contributed by atoms with Crippen molar-refractivity contribution in [2.75, 3.05) is 18.9 Å². The number of amides is 1. The third kappa shape index (κ3) is 5.88. The van der Waals surface area contributed by atoms with Gasteiger partial charge in [-0.15, -0.1) is 0 Å². The number of ether oxygens (including phenoxy) is 2. The number of nitrogens with zero attached hydrogens (tertiary/aromatic N) is 1. The maximum atomic E-state index is 12.5. The number of nitrogen functional groups attached to an aromatic ring is 1. The zero-order chi connectivity index (χ0) is 19.2. The summed E-state index contributed by atoms with van der Waals surface area (Å²) in [6.45, 7) is 6.60. The van der Waals surface area contributed by atoms with Gasteiger partial charge in [0.2, 0.25) is 0 Å². The maximum Gasteiger partial charge on any atom is 0.410 e. The molecule has 0 saturated carbocycles. The second-order valence-corrected chi connectivity index (χ2v) is 6.97. The third-order valence-corrected chi connectivity index (χ3v) is 3.74. The van der Waals surface area contributed by atoms with E-state index in [1.54, 1.807) is 35.2 Å². The second kappa shape index (κ2) is 8.47. The van der Waals surface area contributed by atoms with Crippen LogP contribution in [0.4, 0.5) is 10.5 Å². The summed E-state index contributed by atoms with van der Waals surface area (Å²) in [5, 5.41) is 9.46. The first-order valence-electron chi connectivity index (χ1n) is 8.46. The van der Waals surface area contributed by atoms with Crippen LogP contribution in [0, 0.1) is 0 Å². The van der Waals surface area contributed by atoms with Gasteiger partial charge in [-0.1, -0.05) is 18.2 Å². The lowest BCUT2D eigenvalue weighted by Gasteiger charge is -2.34. The molecule has 26 heavy (non-hydrogen) atoms. The number of carbonyl (C=O) groups is 1. The molecular weight excluding hydrogens is 332 g/mol. The number of hydrogen-bond acceptors (Lipinski definition) is 5. The molecule has 3 N–H and O–H groups in total. The fourth-order valence-electron chi connectivity index (χ4n) is 2.43.